The number of benzene rings is 2. The average molecular weight is 285 g/mol. The number of aromatic nitrogens is 1. The normalized spacial score (nSPS) is 10.7. The van der Waals surface area contributed by atoms with Gasteiger partial charge in [-0.15, -0.1) is 0 Å². The largest absolute Gasteiger partial charge is 0.338 e. The van der Waals surface area contributed by atoms with Crippen LogP contribution in [0.4, 0.5) is 5.69 Å². The van der Waals surface area contributed by atoms with Crippen molar-refractivity contribution in [1.82, 2.24) is 4.57 Å². The lowest BCUT2D eigenvalue weighted by Gasteiger charge is -2.08. The molecule has 0 aliphatic heterocycles. The number of nitrogens with zero attached hydrogens (tertiary/aromatic N) is 1. The number of hydrogen-bond donors (Lipinski definition) is 1. The number of fused-ring (bicyclic) bond motifs is 1. The quantitative estimate of drug-likeness (QED) is 0.777. The van der Waals surface area contributed by atoms with E-state index in [1.165, 1.54) is 0 Å². The van der Waals surface area contributed by atoms with Gasteiger partial charge in [-0.05, 0) is 29.7 Å². The fourth-order valence-corrected chi connectivity index (χ4v) is 2.37. The summed E-state index contributed by atoms with van der Waals surface area (Å²) in [7, 11) is 0. The minimum Gasteiger partial charge on any atom is -0.338 e. The van der Waals surface area contributed by atoms with E-state index in [4.69, 9.17) is 11.6 Å². The molecular weight excluding hydrogens is 272 g/mol. The third-order valence-corrected chi connectivity index (χ3v) is 3.47. The predicted molar refractivity (Wildman–Crippen MR) is 82.0 cm³/mol. The minimum absolute atomic E-state index is 0.0977. The monoisotopic (exact) mass is 284 g/mol. The Labute approximate surface area is 121 Å². The number of amides is 1. The fourth-order valence-electron chi connectivity index (χ4n) is 2.19. The Balaban J connectivity index is 1.78. The van der Waals surface area contributed by atoms with Crippen molar-refractivity contribution in [1.29, 1.82) is 0 Å². The minimum atomic E-state index is -0.0977. The molecule has 4 heteroatoms. The number of hydrogen-bond acceptors (Lipinski definition) is 1. The molecule has 0 saturated carbocycles. The molecule has 0 saturated heterocycles. The summed E-state index contributed by atoms with van der Waals surface area (Å²) in [5.41, 5.74) is 1.68. The second-order valence-corrected chi connectivity index (χ2v) is 4.94. The van der Waals surface area contributed by atoms with Gasteiger partial charge in [0.2, 0.25) is 5.91 Å². The van der Waals surface area contributed by atoms with Gasteiger partial charge in [0.25, 0.3) is 0 Å². The molecule has 1 heterocycles. The first-order chi connectivity index (χ1) is 9.74. The van der Waals surface area contributed by atoms with Crippen LogP contribution in [-0.4, -0.2) is 10.5 Å². The highest BCUT2D eigenvalue weighted by molar-refractivity contribution is 6.33. The van der Waals surface area contributed by atoms with Gasteiger partial charge in [-0.25, -0.2) is 0 Å². The SMILES string of the molecule is O=C(Cn1ccc2ccccc21)Nc1ccccc1Cl. The van der Waals surface area contributed by atoms with Crippen molar-refractivity contribution in [2.24, 2.45) is 0 Å². The molecule has 0 bridgehead atoms. The molecular formula is C16H13ClN2O. The first-order valence-corrected chi connectivity index (χ1v) is 6.70. The van der Waals surface area contributed by atoms with E-state index in [2.05, 4.69) is 5.32 Å². The second-order valence-electron chi connectivity index (χ2n) is 4.53. The van der Waals surface area contributed by atoms with Gasteiger partial charge in [0.05, 0.1) is 10.7 Å². The Morgan fingerprint density at radius 2 is 1.80 bits per heavy atom. The van der Waals surface area contributed by atoms with Gasteiger partial charge in [0.1, 0.15) is 6.54 Å². The smallest absolute Gasteiger partial charge is 0.244 e. The Hall–Kier alpha value is -2.26. The molecule has 100 valence electrons. The zero-order valence-electron chi connectivity index (χ0n) is 10.7. The van der Waals surface area contributed by atoms with E-state index >= 15 is 0 Å². The molecule has 1 N–H and O–H groups in total. The molecule has 2 aromatic carbocycles. The number of nitrogens with one attached hydrogen (secondary N) is 1. The van der Waals surface area contributed by atoms with Gasteiger partial charge in [-0.3, -0.25) is 4.79 Å². The highest BCUT2D eigenvalue weighted by Crippen LogP contribution is 2.21. The van der Waals surface area contributed by atoms with Crippen LogP contribution in [0, 0.1) is 0 Å². The van der Waals surface area contributed by atoms with Crippen molar-refractivity contribution in [2.75, 3.05) is 5.32 Å². The van der Waals surface area contributed by atoms with Gasteiger partial charge < -0.3 is 9.88 Å². The Morgan fingerprint density at radius 1 is 1.05 bits per heavy atom. The Kier molecular flexibility index (Phi) is 3.44. The highest BCUT2D eigenvalue weighted by Gasteiger charge is 2.07. The maximum absolute atomic E-state index is 12.1. The molecule has 3 rings (SSSR count). The summed E-state index contributed by atoms with van der Waals surface area (Å²) in [5, 5.41) is 4.48. The van der Waals surface area contributed by atoms with Gasteiger partial charge in [-0.1, -0.05) is 41.9 Å². The molecule has 1 amide bonds. The lowest BCUT2D eigenvalue weighted by Crippen LogP contribution is -2.18. The molecule has 0 atom stereocenters. The van der Waals surface area contributed by atoms with Crippen molar-refractivity contribution in [3.63, 3.8) is 0 Å². The predicted octanol–water partition coefficient (Wildman–Crippen LogP) is 3.93. The van der Waals surface area contributed by atoms with Crippen molar-refractivity contribution in [2.45, 2.75) is 6.54 Å². The second kappa shape index (κ2) is 5.39. The van der Waals surface area contributed by atoms with Gasteiger partial charge in [0.15, 0.2) is 0 Å². The average Bonchev–Trinajstić information content (AvgIpc) is 2.85. The van der Waals surface area contributed by atoms with Gasteiger partial charge >= 0.3 is 0 Å². The number of rotatable bonds is 3. The molecule has 0 fully saturated rings. The Bertz CT molecular complexity index is 764. The molecule has 3 nitrogen and oxygen atoms in total. The first-order valence-electron chi connectivity index (χ1n) is 6.32. The maximum atomic E-state index is 12.1. The summed E-state index contributed by atoms with van der Waals surface area (Å²) in [6, 6.07) is 17.2. The molecule has 0 aliphatic rings. The van der Waals surface area contributed by atoms with Crippen LogP contribution < -0.4 is 5.32 Å². The van der Waals surface area contributed by atoms with Crippen LogP contribution in [0.5, 0.6) is 0 Å². The van der Waals surface area contributed by atoms with Crippen LogP contribution in [0.25, 0.3) is 10.9 Å². The molecule has 3 aromatic rings. The molecule has 0 spiro atoms. The van der Waals surface area contributed by atoms with E-state index in [0.29, 0.717) is 10.7 Å². The summed E-state index contributed by atoms with van der Waals surface area (Å²) >= 11 is 6.02. The first kappa shape index (κ1) is 12.8. The van der Waals surface area contributed by atoms with Crippen molar-refractivity contribution < 1.29 is 4.79 Å². The van der Waals surface area contributed by atoms with Crippen LogP contribution in [-0.2, 0) is 11.3 Å². The molecule has 0 aliphatic carbocycles. The summed E-state index contributed by atoms with van der Waals surface area (Å²) in [5.74, 6) is -0.0977. The van der Waals surface area contributed by atoms with Crippen molar-refractivity contribution in [3.8, 4) is 0 Å². The van der Waals surface area contributed by atoms with E-state index in [-0.39, 0.29) is 12.5 Å². The molecule has 20 heavy (non-hydrogen) atoms. The van der Waals surface area contributed by atoms with Gasteiger partial charge in [-0.2, -0.15) is 0 Å². The van der Waals surface area contributed by atoms with E-state index in [0.717, 1.165) is 10.9 Å². The van der Waals surface area contributed by atoms with Crippen LogP contribution in [0.3, 0.4) is 0 Å². The van der Waals surface area contributed by atoms with Crippen LogP contribution in [0.1, 0.15) is 0 Å². The zero-order valence-corrected chi connectivity index (χ0v) is 11.5. The van der Waals surface area contributed by atoms with E-state index in [1.807, 2.05) is 53.2 Å². The fraction of sp³-hybridized carbons (Fsp3) is 0.0625. The zero-order chi connectivity index (χ0) is 13.9. The molecule has 1 aromatic heterocycles. The standard InChI is InChI=1S/C16H13ClN2O/c17-13-6-2-3-7-14(13)18-16(20)11-19-10-9-12-5-1-4-8-15(12)19/h1-10H,11H2,(H,18,20). The molecule has 0 unspecified atom stereocenters. The van der Waals surface area contributed by atoms with Crippen molar-refractivity contribution >= 4 is 34.1 Å². The van der Waals surface area contributed by atoms with Crippen LogP contribution in [0.2, 0.25) is 5.02 Å². The van der Waals surface area contributed by atoms with Gasteiger partial charge in [0, 0.05) is 11.7 Å². The van der Waals surface area contributed by atoms with E-state index < -0.39 is 0 Å². The van der Waals surface area contributed by atoms with Crippen molar-refractivity contribution in [3.05, 3.63) is 65.8 Å². The van der Waals surface area contributed by atoms with E-state index in [9.17, 15) is 4.79 Å². The number of para-hydroxylation sites is 2. The number of anilines is 1. The van der Waals surface area contributed by atoms with E-state index in [1.54, 1.807) is 12.1 Å². The molecule has 0 radical (unpaired) electrons. The van der Waals surface area contributed by atoms with Crippen LogP contribution in [0.15, 0.2) is 60.8 Å². The number of carbonyl (C=O) groups excluding carboxylic acids is 1. The highest BCUT2D eigenvalue weighted by atomic mass is 35.5. The number of carbonyl (C=O) groups is 1. The number of halogens is 1. The Morgan fingerprint density at radius 3 is 2.65 bits per heavy atom. The summed E-state index contributed by atoms with van der Waals surface area (Å²) < 4.78 is 1.92. The lowest BCUT2D eigenvalue weighted by atomic mass is 10.2. The maximum Gasteiger partial charge on any atom is 0.244 e. The summed E-state index contributed by atoms with van der Waals surface area (Å²) in [6.07, 6.45) is 1.91. The third-order valence-electron chi connectivity index (χ3n) is 3.14. The van der Waals surface area contributed by atoms with Crippen LogP contribution >= 0.6 is 11.6 Å². The summed E-state index contributed by atoms with van der Waals surface area (Å²) in [6.45, 7) is 0.263. The third kappa shape index (κ3) is 2.53. The lowest BCUT2D eigenvalue weighted by molar-refractivity contribution is -0.116. The topological polar surface area (TPSA) is 34.0 Å². The summed E-state index contributed by atoms with van der Waals surface area (Å²) in [4.78, 5) is 12.1.